The molecule has 0 fully saturated rings. The third kappa shape index (κ3) is 2.80. The van der Waals surface area contributed by atoms with Crippen LogP contribution in [0.1, 0.15) is 0 Å². The summed E-state index contributed by atoms with van der Waals surface area (Å²) in [5.74, 6) is -0.179. The second-order valence-electron chi connectivity index (χ2n) is 3.49. The average Bonchev–Trinajstić information content (AvgIpc) is 1.86. The number of hydrogen-bond acceptors (Lipinski definition) is 0. The maximum absolute atomic E-state index is 12.5. The van der Waals surface area contributed by atoms with Crippen molar-refractivity contribution in [1.82, 2.24) is 4.48 Å². The molecule has 0 spiro atoms. The molecule has 68 valence electrons. The van der Waals surface area contributed by atoms with Gasteiger partial charge in [-0.05, 0) is 12.1 Å². The largest absolute Gasteiger partial charge is 1.00 e. The van der Waals surface area contributed by atoms with Crippen LogP contribution in [0.25, 0.3) is 0 Å². The Morgan fingerprint density at radius 2 is 1.42 bits per heavy atom. The molecule has 0 aromatic heterocycles. The van der Waals surface area contributed by atoms with Crippen LogP contribution < -0.4 is 16.9 Å². The molecule has 0 heterocycles. The van der Waals surface area contributed by atoms with Gasteiger partial charge in [0.25, 0.3) is 0 Å². The van der Waals surface area contributed by atoms with Gasteiger partial charge in [-0.25, -0.2) is 4.39 Å². The monoisotopic (exact) mass is 189 g/mol. The minimum Gasteiger partial charge on any atom is -1.00 e. The van der Waals surface area contributed by atoms with E-state index in [9.17, 15) is 4.39 Å². The second kappa shape index (κ2) is 3.87. The molecule has 0 aliphatic rings. The molecule has 0 saturated heterocycles. The minimum atomic E-state index is -0.179. The highest BCUT2D eigenvalue weighted by Crippen LogP contribution is 2.15. The van der Waals surface area contributed by atoms with Gasteiger partial charge >= 0.3 is 0 Å². The third-order valence-corrected chi connectivity index (χ3v) is 1.60. The molecule has 1 rings (SSSR count). The van der Waals surface area contributed by atoms with Gasteiger partial charge in [0, 0.05) is 12.1 Å². The molecule has 3 heteroatoms. The van der Waals surface area contributed by atoms with Crippen molar-refractivity contribution in [1.29, 1.82) is 0 Å². The van der Waals surface area contributed by atoms with Gasteiger partial charge in [0.15, 0.2) is 0 Å². The Labute approximate surface area is 78.8 Å². The predicted octanol–water partition coefficient (Wildman–Crippen LogP) is -0.974. The summed E-state index contributed by atoms with van der Waals surface area (Å²) in [6.07, 6.45) is 0. The zero-order valence-electron chi connectivity index (χ0n) is 7.51. The molecule has 1 aromatic rings. The number of halogens is 2. The van der Waals surface area contributed by atoms with Gasteiger partial charge in [0.1, 0.15) is 11.5 Å². The first-order chi connectivity index (χ1) is 5.00. The number of nitrogens with zero attached hydrogens (tertiary/aromatic N) is 1. The van der Waals surface area contributed by atoms with E-state index in [1.165, 1.54) is 12.1 Å². The van der Waals surface area contributed by atoms with E-state index in [0.29, 0.717) is 0 Å². The number of rotatable bonds is 1. The van der Waals surface area contributed by atoms with Gasteiger partial charge in [-0.2, -0.15) is 0 Å². The number of benzene rings is 1. The molecule has 12 heavy (non-hydrogen) atoms. The topological polar surface area (TPSA) is 0 Å². The van der Waals surface area contributed by atoms with Crippen molar-refractivity contribution in [2.75, 3.05) is 21.1 Å². The summed E-state index contributed by atoms with van der Waals surface area (Å²) in [7, 11) is 6.15. The highest BCUT2D eigenvalue weighted by Gasteiger charge is 2.10. The molecule has 0 saturated carbocycles. The van der Waals surface area contributed by atoms with Crippen molar-refractivity contribution < 1.29 is 16.8 Å². The van der Waals surface area contributed by atoms with Gasteiger partial charge in [0.05, 0.1) is 21.1 Å². The van der Waals surface area contributed by atoms with E-state index in [1.54, 1.807) is 12.1 Å². The maximum Gasteiger partial charge on any atom is 0.132 e. The molecule has 0 aliphatic heterocycles. The van der Waals surface area contributed by atoms with Crippen LogP contribution in [-0.2, 0) is 0 Å². The smallest absolute Gasteiger partial charge is 0.132 e. The Bertz CT molecular complexity index is 238. The summed E-state index contributed by atoms with van der Waals surface area (Å²) in [5, 5.41) is 0. The van der Waals surface area contributed by atoms with Gasteiger partial charge in [0.2, 0.25) is 0 Å². The fourth-order valence-electron chi connectivity index (χ4n) is 0.888. The Morgan fingerprint density at radius 1 is 1.00 bits per heavy atom. The summed E-state index contributed by atoms with van der Waals surface area (Å²) in [6, 6.07) is 6.57. The summed E-state index contributed by atoms with van der Waals surface area (Å²) < 4.78 is 13.2. The lowest BCUT2D eigenvalue weighted by molar-refractivity contribution is -0.00000318. The molecular formula is C9H13ClFN. The van der Waals surface area contributed by atoms with Gasteiger partial charge < -0.3 is 12.4 Å². The highest BCUT2D eigenvalue weighted by atomic mass is 35.5. The Hall–Kier alpha value is -0.600. The summed E-state index contributed by atoms with van der Waals surface area (Å²) in [4.78, 5) is 0. The van der Waals surface area contributed by atoms with E-state index < -0.39 is 0 Å². The molecule has 1 nitrogen and oxygen atoms in total. The fourth-order valence-corrected chi connectivity index (χ4v) is 0.888. The first-order valence-corrected chi connectivity index (χ1v) is 3.58. The van der Waals surface area contributed by atoms with Crippen molar-refractivity contribution in [3.63, 3.8) is 0 Å². The van der Waals surface area contributed by atoms with E-state index in [4.69, 9.17) is 0 Å². The van der Waals surface area contributed by atoms with Crippen LogP contribution in [0.4, 0.5) is 10.1 Å². The van der Waals surface area contributed by atoms with Crippen LogP contribution in [0.5, 0.6) is 0 Å². The highest BCUT2D eigenvalue weighted by molar-refractivity contribution is 5.40. The van der Waals surface area contributed by atoms with Crippen LogP contribution in [0.15, 0.2) is 24.3 Å². The van der Waals surface area contributed by atoms with Gasteiger partial charge in [-0.15, -0.1) is 0 Å². The van der Waals surface area contributed by atoms with Crippen molar-refractivity contribution in [3.8, 4) is 0 Å². The first-order valence-electron chi connectivity index (χ1n) is 3.58. The SMILES string of the molecule is C[N+](C)(C)c1ccc(F)cc1.[Cl-]. The van der Waals surface area contributed by atoms with Gasteiger partial charge in [-0.3, -0.25) is 4.48 Å². The molecule has 0 radical (unpaired) electrons. The second-order valence-corrected chi connectivity index (χ2v) is 3.49. The molecule has 0 N–H and O–H groups in total. The quantitative estimate of drug-likeness (QED) is 0.499. The van der Waals surface area contributed by atoms with Crippen molar-refractivity contribution in [2.24, 2.45) is 0 Å². The van der Waals surface area contributed by atoms with Crippen LogP contribution in [0, 0.1) is 5.82 Å². The Morgan fingerprint density at radius 3 is 1.75 bits per heavy atom. The standard InChI is InChI=1S/C9H13FN.ClH/c1-11(2,3)9-6-4-8(10)5-7-9;/h4-7H,1-3H3;1H/q+1;/p-1. The molecule has 1 aromatic carbocycles. The van der Waals surface area contributed by atoms with Crippen molar-refractivity contribution in [3.05, 3.63) is 30.1 Å². The summed E-state index contributed by atoms with van der Waals surface area (Å²) >= 11 is 0. The molecule has 0 atom stereocenters. The molecule has 0 aliphatic carbocycles. The minimum absolute atomic E-state index is 0. The Balaban J connectivity index is 0.00000121. The van der Waals surface area contributed by atoms with Crippen LogP contribution in [0.2, 0.25) is 0 Å². The molecule has 0 bridgehead atoms. The van der Waals surface area contributed by atoms with Crippen molar-refractivity contribution >= 4 is 5.69 Å². The third-order valence-electron chi connectivity index (χ3n) is 1.60. The summed E-state index contributed by atoms with van der Waals surface area (Å²) in [6.45, 7) is 0. The average molecular weight is 190 g/mol. The lowest BCUT2D eigenvalue weighted by atomic mass is 10.3. The zero-order chi connectivity index (χ0) is 8.48. The van der Waals surface area contributed by atoms with Crippen LogP contribution >= 0.6 is 0 Å². The fraction of sp³-hybridized carbons (Fsp3) is 0.333. The molecular weight excluding hydrogens is 177 g/mol. The van der Waals surface area contributed by atoms with Crippen LogP contribution in [0.3, 0.4) is 0 Å². The Kier molecular flexibility index (Phi) is 3.68. The predicted molar refractivity (Wildman–Crippen MR) is 46.0 cm³/mol. The van der Waals surface area contributed by atoms with Gasteiger partial charge in [-0.1, -0.05) is 0 Å². The maximum atomic E-state index is 12.5. The lowest BCUT2D eigenvalue weighted by Crippen LogP contribution is -3.00. The van der Waals surface area contributed by atoms with Crippen molar-refractivity contribution in [2.45, 2.75) is 0 Å². The number of hydrogen-bond donors (Lipinski definition) is 0. The molecule has 0 amide bonds. The normalized spacial score (nSPS) is 10.7. The van der Waals surface area contributed by atoms with E-state index in [2.05, 4.69) is 0 Å². The van der Waals surface area contributed by atoms with E-state index in [1.807, 2.05) is 21.1 Å². The molecule has 0 unspecified atom stereocenters. The lowest BCUT2D eigenvalue weighted by Gasteiger charge is -2.22. The number of quaternary nitrogens is 1. The van der Waals surface area contributed by atoms with E-state index in [-0.39, 0.29) is 18.2 Å². The van der Waals surface area contributed by atoms with Crippen LogP contribution in [-0.4, -0.2) is 21.1 Å². The zero-order valence-corrected chi connectivity index (χ0v) is 8.27. The summed E-state index contributed by atoms with van der Waals surface area (Å²) in [5.41, 5.74) is 1.10. The van der Waals surface area contributed by atoms with E-state index in [0.717, 1.165) is 10.2 Å². The first kappa shape index (κ1) is 11.4. The van der Waals surface area contributed by atoms with E-state index >= 15 is 0 Å².